The number of Topliss-reactive ketones (excluding diaryl/α,β-unsaturated/α-hetero) is 1. The molecule has 0 spiro atoms. The summed E-state index contributed by atoms with van der Waals surface area (Å²) in [4.78, 5) is 12.8. The molecule has 0 N–H and O–H groups in total. The van der Waals surface area contributed by atoms with Gasteiger partial charge in [-0.25, -0.2) is 0 Å². The molecule has 0 fully saturated rings. The smallest absolute Gasteiger partial charge is 0.163 e. The third kappa shape index (κ3) is 4.90. The highest BCUT2D eigenvalue weighted by Crippen LogP contribution is 2.61. The van der Waals surface area contributed by atoms with Gasteiger partial charge in [-0.3, -0.25) is 4.79 Å². The van der Waals surface area contributed by atoms with Crippen LogP contribution in [0.2, 0.25) is 0 Å². The van der Waals surface area contributed by atoms with Gasteiger partial charge in [0.15, 0.2) is 5.78 Å². The number of carbonyl (C=O) groups excluding carboxylic acids is 1. The van der Waals surface area contributed by atoms with E-state index in [0.717, 1.165) is 11.1 Å². The van der Waals surface area contributed by atoms with E-state index in [1.54, 1.807) is 12.2 Å². The highest BCUT2D eigenvalue weighted by molar-refractivity contribution is 7.64. The number of rotatable bonds is 9. The second-order valence-corrected chi connectivity index (χ2v) is 9.58. The van der Waals surface area contributed by atoms with Crippen molar-refractivity contribution < 1.29 is 9.36 Å². The Morgan fingerprint density at radius 2 is 1.68 bits per heavy atom. The molecule has 0 radical (unpaired) electrons. The monoisotopic (exact) mass is 352 g/mol. The molecule has 0 bridgehead atoms. The third-order valence-electron chi connectivity index (χ3n) is 4.35. The van der Waals surface area contributed by atoms with Crippen LogP contribution in [0, 0.1) is 6.92 Å². The number of benzene rings is 2. The maximum absolute atomic E-state index is 13.7. The summed E-state index contributed by atoms with van der Waals surface area (Å²) < 4.78 is 13.7. The van der Waals surface area contributed by atoms with Crippen molar-refractivity contribution in [2.75, 3.05) is 12.3 Å². The molecule has 25 heavy (non-hydrogen) atoms. The highest BCUT2D eigenvalue weighted by Gasteiger charge is 2.34. The van der Waals surface area contributed by atoms with Crippen LogP contribution < -0.4 is 0 Å². The minimum Gasteiger partial charge on any atom is -0.322 e. The molecule has 0 aliphatic heterocycles. The summed E-state index contributed by atoms with van der Waals surface area (Å²) in [5.41, 5.74) is 2.38. The second-order valence-electron chi connectivity index (χ2n) is 6.32. The van der Waals surface area contributed by atoms with Crippen molar-refractivity contribution in [2.24, 2.45) is 0 Å². The van der Waals surface area contributed by atoms with Crippen LogP contribution in [0.5, 0.6) is 0 Å². The molecule has 0 saturated heterocycles. The molecular formula is C22H25O2P. The lowest BCUT2D eigenvalue weighted by Crippen LogP contribution is -2.11. The summed E-state index contributed by atoms with van der Waals surface area (Å²) in [5.74, 6) is 0.0143. The van der Waals surface area contributed by atoms with Gasteiger partial charge >= 0.3 is 0 Å². The fourth-order valence-corrected chi connectivity index (χ4v) is 5.85. The Hall–Kier alpha value is -2.18. The van der Waals surface area contributed by atoms with Crippen LogP contribution in [-0.2, 0) is 4.57 Å². The number of aryl methyl sites for hydroxylation is 1. The highest BCUT2D eigenvalue weighted by atomic mass is 31.2. The zero-order valence-electron chi connectivity index (χ0n) is 14.7. The summed E-state index contributed by atoms with van der Waals surface area (Å²) in [6.07, 6.45) is 4.42. The first-order valence-corrected chi connectivity index (χ1v) is 10.6. The summed E-state index contributed by atoms with van der Waals surface area (Å²) in [6, 6.07) is 17.2. The quantitative estimate of drug-likeness (QED) is 0.313. The van der Waals surface area contributed by atoms with Crippen molar-refractivity contribution in [3.8, 4) is 0 Å². The first-order chi connectivity index (χ1) is 12.0. The van der Waals surface area contributed by atoms with E-state index in [1.165, 1.54) is 0 Å². The molecule has 130 valence electrons. The molecule has 2 aromatic rings. The van der Waals surface area contributed by atoms with Crippen molar-refractivity contribution in [1.29, 1.82) is 0 Å². The first-order valence-electron chi connectivity index (χ1n) is 8.44. The molecular weight excluding hydrogens is 327 g/mol. The van der Waals surface area contributed by atoms with Gasteiger partial charge in [-0.15, -0.1) is 13.2 Å². The number of hydrogen-bond donors (Lipinski definition) is 0. The van der Waals surface area contributed by atoms with Crippen molar-refractivity contribution in [3.63, 3.8) is 0 Å². The lowest BCUT2D eigenvalue weighted by Gasteiger charge is -2.27. The van der Waals surface area contributed by atoms with Gasteiger partial charge in [-0.05, 0) is 12.5 Å². The lowest BCUT2D eigenvalue weighted by atomic mass is 10.0. The van der Waals surface area contributed by atoms with Gasteiger partial charge in [0.1, 0.15) is 7.14 Å². The number of carbonyl (C=O) groups is 1. The van der Waals surface area contributed by atoms with Gasteiger partial charge in [-0.2, -0.15) is 0 Å². The summed E-state index contributed by atoms with van der Waals surface area (Å²) in [6.45, 7) is 9.54. The van der Waals surface area contributed by atoms with Crippen LogP contribution in [0.1, 0.15) is 33.6 Å². The fourth-order valence-electron chi connectivity index (χ4n) is 3.12. The molecule has 0 aliphatic carbocycles. The molecule has 2 rings (SSSR count). The zero-order valence-corrected chi connectivity index (χ0v) is 15.6. The van der Waals surface area contributed by atoms with E-state index in [1.807, 2.05) is 61.5 Å². The van der Waals surface area contributed by atoms with Crippen LogP contribution in [0.25, 0.3) is 0 Å². The van der Waals surface area contributed by atoms with Gasteiger partial charge in [0, 0.05) is 30.0 Å². The second kappa shape index (κ2) is 8.78. The van der Waals surface area contributed by atoms with Gasteiger partial charge in [0.2, 0.25) is 0 Å². The summed E-state index contributed by atoms with van der Waals surface area (Å²) in [7, 11) is -2.70. The van der Waals surface area contributed by atoms with Crippen LogP contribution in [0.4, 0.5) is 0 Å². The van der Waals surface area contributed by atoms with Gasteiger partial charge < -0.3 is 4.57 Å². The first kappa shape index (κ1) is 19.1. The van der Waals surface area contributed by atoms with E-state index in [2.05, 4.69) is 13.2 Å². The number of allylic oxidation sites excluding steroid dienone is 2. The molecule has 3 heteroatoms. The van der Waals surface area contributed by atoms with Crippen LogP contribution >= 0.6 is 7.14 Å². The zero-order chi connectivity index (χ0) is 18.3. The maximum atomic E-state index is 13.7. The average Bonchev–Trinajstić information content (AvgIpc) is 2.60. The molecule has 0 amide bonds. The third-order valence-corrected chi connectivity index (χ3v) is 7.72. The topological polar surface area (TPSA) is 34.1 Å². The van der Waals surface area contributed by atoms with Gasteiger partial charge in [0.25, 0.3) is 0 Å². The number of hydrogen-bond acceptors (Lipinski definition) is 2. The molecule has 0 saturated carbocycles. The summed E-state index contributed by atoms with van der Waals surface area (Å²) >= 11 is 0. The van der Waals surface area contributed by atoms with Crippen LogP contribution in [0.15, 0.2) is 79.9 Å². The van der Waals surface area contributed by atoms with E-state index in [4.69, 9.17) is 0 Å². The molecule has 0 unspecified atom stereocenters. The Morgan fingerprint density at radius 1 is 1.04 bits per heavy atom. The molecule has 2 nitrogen and oxygen atoms in total. The van der Waals surface area contributed by atoms with Gasteiger partial charge in [-0.1, -0.05) is 72.3 Å². The number of ketones is 1. The fraction of sp³-hybridized carbons (Fsp3) is 0.227. The minimum atomic E-state index is -2.70. The van der Waals surface area contributed by atoms with Crippen molar-refractivity contribution >= 4 is 12.9 Å². The van der Waals surface area contributed by atoms with E-state index >= 15 is 0 Å². The predicted octanol–water partition coefficient (Wildman–Crippen LogP) is 6.04. The summed E-state index contributed by atoms with van der Waals surface area (Å²) in [5, 5.41) is 0. The Labute approximate surface area is 150 Å². The van der Waals surface area contributed by atoms with E-state index < -0.39 is 7.14 Å². The maximum Gasteiger partial charge on any atom is 0.163 e. The standard InChI is InChI=1S/C22H25O2P/c1-4-14-25(24,15-5-2)22(20-13-9-10-18(3)16-20)17-21(23)19-11-7-6-8-12-19/h4-13,16,22H,1-2,14-15,17H2,3H3/t22-/m0/s1. The van der Waals surface area contributed by atoms with Crippen molar-refractivity contribution in [3.05, 3.63) is 96.6 Å². The molecule has 0 aliphatic rings. The Morgan fingerprint density at radius 3 is 2.24 bits per heavy atom. The largest absolute Gasteiger partial charge is 0.322 e. The van der Waals surface area contributed by atoms with Crippen molar-refractivity contribution in [2.45, 2.75) is 19.0 Å². The molecule has 0 heterocycles. The van der Waals surface area contributed by atoms with E-state index in [9.17, 15) is 9.36 Å². The van der Waals surface area contributed by atoms with E-state index in [-0.39, 0.29) is 17.9 Å². The SMILES string of the molecule is C=CCP(=O)(CC=C)[C@@H](CC(=O)c1ccccc1)c1cccc(C)c1. The van der Waals surface area contributed by atoms with Crippen LogP contribution in [0.3, 0.4) is 0 Å². The van der Waals surface area contributed by atoms with Crippen LogP contribution in [-0.4, -0.2) is 18.1 Å². The Balaban J connectivity index is 2.44. The molecule has 2 aromatic carbocycles. The molecule has 1 atom stereocenters. The Kier molecular flexibility index (Phi) is 6.73. The average molecular weight is 352 g/mol. The normalized spacial score (nSPS) is 12.4. The molecule has 0 aromatic heterocycles. The lowest BCUT2D eigenvalue weighted by molar-refractivity contribution is 0.0980. The van der Waals surface area contributed by atoms with Gasteiger partial charge in [0.05, 0.1) is 0 Å². The van der Waals surface area contributed by atoms with Crippen molar-refractivity contribution in [1.82, 2.24) is 0 Å². The predicted molar refractivity (Wildman–Crippen MR) is 107 cm³/mol. The van der Waals surface area contributed by atoms with E-state index in [0.29, 0.717) is 17.9 Å². The minimum absolute atomic E-state index is 0.0143. The Bertz CT molecular complexity index is 779.